The number of amides is 1. The summed E-state index contributed by atoms with van der Waals surface area (Å²) in [6.45, 7) is 1.75. The molecule has 0 spiro atoms. The van der Waals surface area contributed by atoms with E-state index in [0.29, 0.717) is 11.3 Å². The van der Waals surface area contributed by atoms with E-state index >= 15 is 0 Å². The van der Waals surface area contributed by atoms with Gasteiger partial charge in [0.25, 0.3) is 5.91 Å². The molecule has 0 saturated heterocycles. The molecule has 8 nitrogen and oxygen atoms in total. The number of benzene rings is 2. The van der Waals surface area contributed by atoms with Crippen LogP contribution in [-0.2, 0) is 9.53 Å². The van der Waals surface area contributed by atoms with E-state index < -0.39 is 17.9 Å². The van der Waals surface area contributed by atoms with Gasteiger partial charge in [0.15, 0.2) is 11.7 Å². The van der Waals surface area contributed by atoms with Crippen molar-refractivity contribution in [2.24, 2.45) is 0 Å². The molecule has 0 aliphatic carbocycles. The molecule has 0 aliphatic rings. The fourth-order valence-electron chi connectivity index (χ4n) is 3.31. The number of ether oxygens (including phenoxy) is 1. The molecule has 2 aromatic heterocycles. The minimum Gasteiger partial charge on any atom is -0.467 e. The number of methoxy groups -OCH3 is 1. The van der Waals surface area contributed by atoms with E-state index in [1.54, 1.807) is 48.3 Å². The van der Waals surface area contributed by atoms with Gasteiger partial charge in [-0.15, -0.1) is 5.10 Å². The first-order valence-electron chi connectivity index (χ1n) is 9.39. The molecule has 31 heavy (non-hydrogen) atoms. The Morgan fingerprint density at radius 1 is 1.13 bits per heavy atom. The van der Waals surface area contributed by atoms with Gasteiger partial charge in [-0.25, -0.2) is 9.48 Å². The zero-order valence-corrected chi connectivity index (χ0v) is 18.3. The highest BCUT2D eigenvalue weighted by Crippen LogP contribution is 2.23. The first-order chi connectivity index (χ1) is 15.0. The standard InChI is InChI=1S/C22H18BrN5O3/c1-13-19(21(29)25-20(22(30)31-2)14-6-8-16(23)9-7-14)26-27-28(13)18-5-3-4-15-12-24-11-10-17(15)18/h3-12,20H,1-2H3,(H,25,29). The van der Waals surface area contributed by atoms with Crippen molar-refractivity contribution in [3.8, 4) is 5.69 Å². The maximum Gasteiger partial charge on any atom is 0.333 e. The number of rotatable bonds is 5. The van der Waals surface area contributed by atoms with Gasteiger partial charge in [0.05, 0.1) is 18.5 Å². The average Bonchev–Trinajstić information content (AvgIpc) is 3.18. The summed E-state index contributed by atoms with van der Waals surface area (Å²) in [5, 5.41) is 12.8. The highest BCUT2D eigenvalue weighted by molar-refractivity contribution is 9.10. The maximum absolute atomic E-state index is 13.0. The minimum atomic E-state index is -0.973. The third-order valence-electron chi connectivity index (χ3n) is 4.91. The molecular weight excluding hydrogens is 462 g/mol. The molecule has 1 atom stereocenters. The van der Waals surface area contributed by atoms with Gasteiger partial charge >= 0.3 is 5.97 Å². The lowest BCUT2D eigenvalue weighted by atomic mass is 10.1. The number of pyridine rings is 1. The topological polar surface area (TPSA) is 99.0 Å². The van der Waals surface area contributed by atoms with Crippen molar-refractivity contribution in [2.75, 3.05) is 7.11 Å². The Labute approximate surface area is 186 Å². The Balaban J connectivity index is 1.67. The molecule has 0 radical (unpaired) electrons. The van der Waals surface area contributed by atoms with E-state index in [0.717, 1.165) is 20.9 Å². The molecule has 2 heterocycles. The van der Waals surface area contributed by atoms with Crippen LogP contribution in [0.2, 0.25) is 0 Å². The second-order valence-electron chi connectivity index (χ2n) is 6.79. The lowest BCUT2D eigenvalue weighted by molar-refractivity contribution is -0.143. The molecule has 1 amide bonds. The number of aromatic nitrogens is 4. The molecular formula is C22H18BrN5O3. The minimum absolute atomic E-state index is 0.122. The van der Waals surface area contributed by atoms with Crippen LogP contribution in [0, 0.1) is 6.92 Å². The number of fused-ring (bicyclic) bond motifs is 1. The van der Waals surface area contributed by atoms with Crippen LogP contribution in [0.4, 0.5) is 0 Å². The van der Waals surface area contributed by atoms with Crippen molar-refractivity contribution < 1.29 is 14.3 Å². The van der Waals surface area contributed by atoms with Gasteiger partial charge in [-0.1, -0.05) is 45.4 Å². The van der Waals surface area contributed by atoms with Gasteiger partial charge in [0.2, 0.25) is 0 Å². The predicted molar refractivity (Wildman–Crippen MR) is 118 cm³/mol. The summed E-state index contributed by atoms with van der Waals surface area (Å²) in [5.74, 6) is -1.11. The molecule has 4 rings (SSSR count). The third kappa shape index (κ3) is 4.04. The number of hydrogen-bond donors (Lipinski definition) is 1. The van der Waals surface area contributed by atoms with Crippen LogP contribution >= 0.6 is 15.9 Å². The summed E-state index contributed by atoms with van der Waals surface area (Å²) in [6.07, 6.45) is 3.46. The summed E-state index contributed by atoms with van der Waals surface area (Å²) in [7, 11) is 1.28. The van der Waals surface area contributed by atoms with Crippen LogP contribution in [0.1, 0.15) is 27.8 Å². The number of nitrogens with zero attached hydrogens (tertiary/aromatic N) is 4. The Bertz CT molecular complexity index is 1260. The zero-order valence-electron chi connectivity index (χ0n) is 16.7. The van der Waals surface area contributed by atoms with Crippen molar-refractivity contribution in [1.82, 2.24) is 25.3 Å². The van der Waals surface area contributed by atoms with Crippen molar-refractivity contribution in [1.29, 1.82) is 0 Å². The van der Waals surface area contributed by atoms with Gasteiger partial charge in [-0.3, -0.25) is 9.78 Å². The number of carbonyl (C=O) groups excluding carboxylic acids is 2. The molecule has 1 N–H and O–H groups in total. The van der Waals surface area contributed by atoms with Crippen LogP contribution in [-0.4, -0.2) is 39.0 Å². The van der Waals surface area contributed by atoms with Crippen LogP contribution < -0.4 is 5.32 Å². The van der Waals surface area contributed by atoms with Crippen molar-refractivity contribution in [3.63, 3.8) is 0 Å². The quantitative estimate of drug-likeness (QED) is 0.439. The number of carbonyl (C=O) groups is 2. The Morgan fingerprint density at radius 3 is 2.65 bits per heavy atom. The van der Waals surface area contributed by atoms with Crippen molar-refractivity contribution in [2.45, 2.75) is 13.0 Å². The van der Waals surface area contributed by atoms with E-state index in [2.05, 4.69) is 36.5 Å². The monoisotopic (exact) mass is 479 g/mol. The Hall–Kier alpha value is -3.59. The predicted octanol–water partition coefficient (Wildman–Crippen LogP) is 3.53. The maximum atomic E-state index is 13.0. The van der Waals surface area contributed by atoms with Gasteiger partial charge in [0.1, 0.15) is 0 Å². The Kier molecular flexibility index (Phi) is 5.77. The first-order valence-corrected chi connectivity index (χ1v) is 10.2. The summed E-state index contributed by atoms with van der Waals surface area (Å²) in [4.78, 5) is 29.5. The van der Waals surface area contributed by atoms with E-state index in [1.165, 1.54) is 7.11 Å². The molecule has 0 aliphatic heterocycles. The fraction of sp³-hybridized carbons (Fsp3) is 0.136. The smallest absolute Gasteiger partial charge is 0.333 e. The average molecular weight is 480 g/mol. The SMILES string of the molecule is COC(=O)C(NC(=O)c1nnn(-c2cccc3cnccc23)c1C)c1ccc(Br)cc1. The Morgan fingerprint density at radius 2 is 1.90 bits per heavy atom. The molecule has 0 fully saturated rings. The zero-order chi connectivity index (χ0) is 22.0. The van der Waals surface area contributed by atoms with Crippen LogP contribution in [0.25, 0.3) is 16.5 Å². The molecule has 4 aromatic rings. The second-order valence-corrected chi connectivity index (χ2v) is 7.71. The van der Waals surface area contributed by atoms with Crippen LogP contribution in [0.15, 0.2) is 65.4 Å². The van der Waals surface area contributed by atoms with Crippen molar-refractivity contribution >= 4 is 38.6 Å². The summed E-state index contributed by atoms with van der Waals surface area (Å²) < 4.78 is 7.33. The largest absolute Gasteiger partial charge is 0.467 e. The fourth-order valence-corrected chi connectivity index (χ4v) is 3.57. The van der Waals surface area contributed by atoms with Gasteiger partial charge in [0, 0.05) is 27.6 Å². The number of nitrogens with one attached hydrogen (secondary N) is 1. The third-order valence-corrected chi connectivity index (χ3v) is 5.44. The van der Waals surface area contributed by atoms with Crippen LogP contribution in [0.5, 0.6) is 0 Å². The summed E-state index contributed by atoms with van der Waals surface area (Å²) >= 11 is 3.36. The van der Waals surface area contributed by atoms with E-state index in [-0.39, 0.29) is 5.69 Å². The van der Waals surface area contributed by atoms with Gasteiger partial charge in [-0.2, -0.15) is 0 Å². The molecule has 2 aromatic carbocycles. The van der Waals surface area contributed by atoms with E-state index in [4.69, 9.17) is 4.74 Å². The van der Waals surface area contributed by atoms with E-state index in [1.807, 2.05) is 24.3 Å². The molecule has 1 unspecified atom stereocenters. The van der Waals surface area contributed by atoms with E-state index in [9.17, 15) is 9.59 Å². The second kappa shape index (κ2) is 8.65. The number of hydrogen-bond acceptors (Lipinski definition) is 6. The number of halogens is 1. The molecule has 9 heteroatoms. The summed E-state index contributed by atoms with van der Waals surface area (Å²) in [6, 6.07) is 13.7. The first kappa shape index (κ1) is 20.7. The lowest BCUT2D eigenvalue weighted by Crippen LogP contribution is -2.35. The highest BCUT2D eigenvalue weighted by atomic mass is 79.9. The van der Waals surface area contributed by atoms with Gasteiger partial charge in [-0.05, 0) is 36.8 Å². The lowest BCUT2D eigenvalue weighted by Gasteiger charge is -2.16. The normalized spacial score (nSPS) is 11.8. The molecule has 0 bridgehead atoms. The van der Waals surface area contributed by atoms with Gasteiger partial charge < -0.3 is 10.1 Å². The highest BCUT2D eigenvalue weighted by Gasteiger charge is 2.27. The molecule has 0 saturated carbocycles. The number of esters is 1. The molecule has 156 valence electrons. The van der Waals surface area contributed by atoms with Crippen LogP contribution in [0.3, 0.4) is 0 Å². The van der Waals surface area contributed by atoms with Crippen molar-refractivity contribution in [3.05, 3.63) is 82.3 Å². The summed E-state index contributed by atoms with van der Waals surface area (Å²) in [5.41, 5.74) is 2.04.